The van der Waals surface area contributed by atoms with Crippen LogP contribution in [0.2, 0.25) is 0 Å². The molecule has 0 bridgehead atoms. The molecular weight excluding hydrogens is 507 g/mol. The van der Waals surface area contributed by atoms with Crippen LogP contribution in [0, 0.1) is 9.49 Å². The highest BCUT2D eigenvalue weighted by Crippen LogP contribution is 2.37. The molecule has 1 aromatic rings. The van der Waals surface area contributed by atoms with E-state index in [1.807, 2.05) is 6.07 Å². The van der Waals surface area contributed by atoms with Gasteiger partial charge in [0.1, 0.15) is 6.54 Å². The summed E-state index contributed by atoms with van der Waals surface area (Å²) in [5.41, 5.74) is 0.717. The molecule has 0 aromatic heterocycles. The van der Waals surface area contributed by atoms with E-state index in [1.165, 1.54) is 0 Å². The lowest BCUT2D eigenvalue weighted by Crippen LogP contribution is -2.45. The fourth-order valence-corrected chi connectivity index (χ4v) is 4.99. The van der Waals surface area contributed by atoms with Crippen molar-refractivity contribution in [2.75, 3.05) is 33.9 Å². The Hall–Kier alpha value is -1.75. The van der Waals surface area contributed by atoms with E-state index in [9.17, 15) is 14.4 Å². The number of halogens is 1. The molecule has 2 heterocycles. The summed E-state index contributed by atoms with van der Waals surface area (Å²) in [4.78, 5) is 40.7. The highest BCUT2D eigenvalue weighted by atomic mass is 127. The maximum atomic E-state index is 12.7. The van der Waals surface area contributed by atoms with Crippen molar-refractivity contribution in [2.24, 2.45) is 5.92 Å². The average molecular weight is 530 g/mol. The second-order valence-corrected chi connectivity index (χ2v) is 9.22. The van der Waals surface area contributed by atoms with Crippen molar-refractivity contribution in [3.63, 3.8) is 0 Å². The zero-order chi connectivity index (χ0) is 21.1. The molecule has 2 aliphatic heterocycles. The second-order valence-electron chi connectivity index (χ2n) is 7.07. The van der Waals surface area contributed by atoms with Crippen LogP contribution in [0.4, 0.5) is 4.79 Å². The van der Waals surface area contributed by atoms with Crippen molar-refractivity contribution >= 4 is 57.5 Å². The Labute approximate surface area is 187 Å². The van der Waals surface area contributed by atoms with Crippen LogP contribution in [0.1, 0.15) is 25.3 Å². The predicted molar refractivity (Wildman–Crippen MR) is 120 cm³/mol. The van der Waals surface area contributed by atoms with E-state index in [-0.39, 0.29) is 17.4 Å². The number of likely N-dealkylation sites (tertiary alicyclic amines) is 1. The summed E-state index contributed by atoms with van der Waals surface area (Å²) in [6.45, 7) is 3.31. The molecule has 7 nitrogen and oxygen atoms in total. The van der Waals surface area contributed by atoms with Crippen LogP contribution in [0.25, 0.3) is 6.08 Å². The van der Waals surface area contributed by atoms with Crippen molar-refractivity contribution in [2.45, 2.75) is 19.8 Å². The Morgan fingerprint density at radius 1 is 1.24 bits per heavy atom. The minimum Gasteiger partial charge on any atom is -0.493 e. The number of benzene rings is 1. The van der Waals surface area contributed by atoms with E-state index >= 15 is 0 Å². The highest BCUT2D eigenvalue weighted by molar-refractivity contribution is 14.1. The first kappa shape index (κ1) is 21.9. The summed E-state index contributed by atoms with van der Waals surface area (Å²) in [5.74, 6) is 1.13. The average Bonchev–Trinajstić information content (AvgIpc) is 2.95. The quantitative estimate of drug-likeness (QED) is 0.428. The molecule has 0 saturated carbocycles. The van der Waals surface area contributed by atoms with Crippen molar-refractivity contribution in [3.8, 4) is 11.5 Å². The zero-order valence-electron chi connectivity index (χ0n) is 16.6. The van der Waals surface area contributed by atoms with Gasteiger partial charge >= 0.3 is 0 Å². The summed E-state index contributed by atoms with van der Waals surface area (Å²) in [6.07, 6.45) is 3.54. The maximum Gasteiger partial charge on any atom is 0.294 e. The Morgan fingerprint density at radius 2 is 1.93 bits per heavy atom. The molecule has 0 N–H and O–H groups in total. The number of hydrogen-bond donors (Lipinski definition) is 0. The number of carbonyl (C=O) groups is 3. The van der Waals surface area contributed by atoms with E-state index in [2.05, 4.69) is 29.5 Å². The molecular formula is C20H23IN2O5S. The van der Waals surface area contributed by atoms with E-state index in [0.717, 1.165) is 33.1 Å². The lowest BCUT2D eigenvalue weighted by atomic mass is 9.99. The van der Waals surface area contributed by atoms with Gasteiger partial charge in [-0.2, -0.15) is 0 Å². The van der Waals surface area contributed by atoms with Crippen LogP contribution in [0.15, 0.2) is 17.0 Å². The molecule has 0 atom stereocenters. The smallest absolute Gasteiger partial charge is 0.294 e. The van der Waals surface area contributed by atoms with Gasteiger partial charge in [0.15, 0.2) is 11.5 Å². The number of amides is 3. The van der Waals surface area contributed by atoms with Crippen molar-refractivity contribution in [1.82, 2.24) is 9.80 Å². The summed E-state index contributed by atoms with van der Waals surface area (Å²) in [5, 5.41) is -0.421. The number of methoxy groups -OCH3 is 2. The van der Waals surface area contributed by atoms with Gasteiger partial charge in [-0.1, -0.05) is 6.92 Å². The molecule has 1 aromatic carbocycles. The molecule has 0 radical (unpaired) electrons. The maximum absolute atomic E-state index is 12.7. The number of piperidine rings is 1. The molecule has 0 unspecified atom stereocenters. The van der Waals surface area contributed by atoms with Gasteiger partial charge in [0.2, 0.25) is 5.91 Å². The first-order chi connectivity index (χ1) is 13.8. The summed E-state index contributed by atoms with van der Waals surface area (Å²) in [6, 6.07) is 3.59. The topological polar surface area (TPSA) is 76.2 Å². The van der Waals surface area contributed by atoms with Crippen molar-refractivity contribution < 1.29 is 23.9 Å². The lowest BCUT2D eigenvalue weighted by molar-refractivity contribution is -0.136. The van der Waals surface area contributed by atoms with Crippen LogP contribution in [0.3, 0.4) is 0 Å². The van der Waals surface area contributed by atoms with Crippen molar-refractivity contribution in [1.29, 1.82) is 0 Å². The minimum absolute atomic E-state index is 0.180. The Bertz CT molecular complexity index is 865. The minimum atomic E-state index is -0.441. The number of ether oxygens (including phenoxy) is 2. The largest absolute Gasteiger partial charge is 0.493 e. The molecule has 0 aliphatic carbocycles. The molecule has 29 heavy (non-hydrogen) atoms. The third-order valence-corrected chi connectivity index (χ3v) is 6.77. The van der Waals surface area contributed by atoms with Crippen LogP contribution >= 0.6 is 34.4 Å². The normalized spacial score (nSPS) is 19.2. The van der Waals surface area contributed by atoms with Gasteiger partial charge in [-0.25, -0.2) is 0 Å². The third-order valence-electron chi connectivity index (χ3n) is 5.06. The number of imide groups is 1. The summed E-state index contributed by atoms with van der Waals surface area (Å²) < 4.78 is 11.5. The van der Waals surface area contributed by atoms with Crippen LogP contribution in [-0.4, -0.2) is 60.7 Å². The predicted octanol–water partition coefficient (Wildman–Crippen LogP) is 3.60. The second kappa shape index (κ2) is 9.38. The molecule has 156 valence electrons. The molecule has 2 aliphatic rings. The monoisotopic (exact) mass is 530 g/mol. The van der Waals surface area contributed by atoms with Gasteiger partial charge < -0.3 is 14.4 Å². The summed E-state index contributed by atoms with van der Waals surface area (Å²) in [7, 11) is 3.10. The number of carbonyl (C=O) groups excluding carboxylic acids is 3. The lowest BCUT2D eigenvalue weighted by Gasteiger charge is -2.31. The fraction of sp³-hybridized carbons (Fsp3) is 0.450. The van der Waals surface area contributed by atoms with Gasteiger partial charge in [-0.05, 0) is 76.9 Å². The van der Waals surface area contributed by atoms with Gasteiger partial charge in [0.05, 0.1) is 22.7 Å². The van der Waals surface area contributed by atoms with Crippen LogP contribution in [0.5, 0.6) is 11.5 Å². The summed E-state index contributed by atoms with van der Waals surface area (Å²) >= 11 is 2.97. The zero-order valence-corrected chi connectivity index (χ0v) is 19.5. The first-order valence-electron chi connectivity index (χ1n) is 9.28. The van der Waals surface area contributed by atoms with Gasteiger partial charge in [0.25, 0.3) is 11.1 Å². The first-order valence-corrected chi connectivity index (χ1v) is 11.2. The molecule has 2 saturated heterocycles. The molecule has 3 rings (SSSR count). The molecule has 3 amide bonds. The van der Waals surface area contributed by atoms with Crippen LogP contribution < -0.4 is 9.47 Å². The van der Waals surface area contributed by atoms with E-state index in [0.29, 0.717) is 36.1 Å². The van der Waals surface area contributed by atoms with Gasteiger partial charge in [-0.15, -0.1) is 0 Å². The molecule has 0 spiro atoms. The number of nitrogens with zero attached hydrogens (tertiary/aromatic N) is 2. The highest BCUT2D eigenvalue weighted by Gasteiger charge is 2.37. The Kier molecular flexibility index (Phi) is 7.10. The van der Waals surface area contributed by atoms with E-state index in [1.54, 1.807) is 31.3 Å². The molecule has 9 heteroatoms. The number of rotatable bonds is 5. The number of hydrogen-bond acceptors (Lipinski definition) is 6. The third kappa shape index (κ3) is 4.88. The molecule has 2 fully saturated rings. The Morgan fingerprint density at radius 3 is 2.55 bits per heavy atom. The van der Waals surface area contributed by atoms with Gasteiger partial charge in [0, 0.05) is 13.1 Å². The van der Waals surface area contributed by atoms with Crippen LogP contribution in [-0.2, 0) is 9.59 Å². The van der Waals surface area contributed by atoms with Crippen molar-refractivity contribution in [3.05, 3.63) is 26.2 Å². The Balaban J connectivity index is 1.75. The standard InChI is InChI=1S/C20H23IN2O5S/c1-12-4-6-22(7-5-12)17(24)11-23-19(25)16(29-20(23)26)10-13-8-14(21)18(28-3)15(9-13)27-2/h8-10,12H,4-7,11H2,1-3H3/b16-10+. The fourth-order valence-electron chi connectivity index (χ4n) is 3.30. The van der Waals surface area contributed by atoms with E-state index < -0.39 is 11.1 Å². The van der Waals surface area contributed by atoms with Gasteiger partial charge in [-0.3, -0.25) is 19.3 Å². The SMILES string of the molecule is COc1cc(/C=C2/SC(=O)N(CC(=O)N3CCC(C)CC3)C2=O)cc(I)c1OC. The number of thioether (sulfide) groups is 1. The van der Waals surface area contributed by atoms with E-state index in [4.69, 9.17) is 9.47 Å².